The standard InChI is InChI=1S/C14H14N2O/c1-8-6-11-12(7-9(8)2)16-14(15-11)13-5-4-10(3)17-13/h4-7H,1-3H3,(H,15,16). The zero-order chi connectivity index (χ0) is 12.0. The number of hydrogen-bond acceptors (Lipinski definition) is 2. The lowest BCUT2D eigenvalue weighted by molar-refractivity contribution is 0.545. The van der Waals surface area contributed by atoms with E-state index in [2.05, 4.69) is 35.9 Å². The van der Waals surface area contributed by atoms with Crippen LogP contribution in [0.15, 0.2) is 28.7 Å². The number of benzene rings is 1. The number of aromatic amines is 1. The Balaban J connectivity index is 2.19. The van der Waals surface area contributed by atoms with Crippen molar-refractivity contribution < 1.29 is 4.42 Å². The van der Waals surface area contributed by atoms with Gasteiger partial charge in [0.1, 0.15) is 5.76 Å². The van der Waals surface area contributed by atoms with Gasteiger partial charge in [0, 0.05) is 0 Å². The number of furan rings is 1. The second kappa shape index (κ2) is 3.48. The van der Waals surface area contributed by atoms with Crippen molar-refractivity contribution in [3.63, 3.8) is 0 Å². The number of H-pyrrole nitrogens is 1. The molecule has 0 fully saturated rings. The van der Waals surface area contributed by atoms with Gasteiger partial charge in [-0.25, -0.2) is 4.98 Å². The van der Waals surface area contributed by atoms with Gasteiger partial charge in [0.05, 0.1) is 11.0 Å². The van der Waals surface area contributed by atoms with Crippen LogP contribution in [0.2, 0.25) is 0 Å². The van der Waals surface area contributed by atoms with E-state index in [1.807, 2.05) is 19.1 Å². The van der Waals surface area contributed by atoms with Crippen LogP contribution in [-0.4, -0.2) is 9.97 Å². The smallest absolute Gasteiger partial charge is 0.174 e. The number of rotatable bonds is 1. The van der Waals surface area contributed by atoms with Gasteiger partial charge in [-0.1, -0.05) is 0 Å². The summed E-state index contributed by atoms with van der Waals surface area (Å²) in [5.74, 6) is 2.47. The molecule has 0 amide bonds. The molecule has 0 saturated heterocycles. The van der Waals surface area contributed by atoms with E-state index in [4.69, 9.17) is 4.42 Å². The van der Waals surface area contributed by atoms with Gasteiger partial charge in [0.15, 0.2) is 11.6 Å². The molecule has 3 rings (SSSR count). The Hall–Kier alpha value is -2.03. The number of hydrogen-bond donors (Lipinski definition) is 1. The van der Waals surface area contributed by atoms with Gasteiger partial charge < -0.3 is 9.40 Å². The zero-order valence-electron chi connectivity index (χ0n) is 10.2. The third kappa shape index (κ3) is 1.64. The molecule has 0 atom stereocenters. The van der Waals surface area contributed by atoms with Gasteiger partial charge in [-0.15, -0.1) is 0 Å². The summed E-state index contributed by atoms with van der Waals surface area (Å²) in [5, 5.41) is 0. The van der Waals surface area contributed by atoms with Crippen LogP contribution in [0.25, 0.3) is 22.6 Å². The van der Waals surface area contributed by atoms with Gasteiger partial charge in [-0.3, -0.25) is 0 Å². The maximum absolute atomic E-state index is 5.57. The molecule has 2 aromatic heterocycles. The van der Waals surface area contributed by atoms with E-state index < -0.39 is 0 Å². The molecule has 0 aliphatic rings. The summed E-state index contributed by atoms with van der Waals surface area (Å²) in [5.41, 5.74) is 4.56. The molecule has 0 spiro atoms. The van der Waals surface area contributed by atoms with Crippen LogP contribution in [0, 0.1) is 20.8 Å². The van der Waals surface area contributed by atoms with Crippen LogP contribution in [0.5, 0.6) is 0 Å². The maximum Gasteiger partial charge on any atom is 0.174 e. The average molecular weight is 226 g/mol. The third-order valence-electron chi connectivity index (χ3n) is 3.07. The molecule has 3 nitrogen and oxygen atoms in total. The highest BCUT2D eigenvalue weighted by Gasteiger charge is 2.09. The molecule has 0 radical (unpaired) electrons. The summed E-state index contributed by atoms with van der Waals surface area (Å²) in [6, 6.07) is 8.10. The minimum Gasteiger partial charge on any atom is -0.458 e. The molecule has 0 saturated carbocycles. The fourth-order valence-corrected chi connectivity index (χ4v) is 1.95. The van der Waals surface area contributed by atoms with Crippen LogP contribution in [0.1, 0.15) is 16.9 Å². The second-order valence-electron chi connectivity index (χ2n) is 4.45. The molecule has 2 heterocycles. The van der Waals surface area contributed by atoms with Crippen molar-refractivity contribution in [3.05, 3.63) is 41.2 Å². The number of aryl methyl sites for hydroxylation is 3. The molecular formula is C14H14N2O. The van der Waals surface area contributed by atoms with Crippen molar-refractivity contribution in [2.45, 2.75) is 20.8 Å². The van der Waals surface area contributed by atoms with Crippen LogP contribution in [-0.2, 0) is 0 Å². The van der Waals surface area contributed by atoms with Crippen molar-refractivity contribution in [2.75, 3.05) is 0 Å². The largest absolute Gasteiger partial charge is 0.458 e. The first-order valence-electron chi connectivity index (χ1n) is 5.67. The van der Waals surface area contributed by atoms with Gasteiger partial charge in [-0.2, -0.15) is 0 Å². The molecule has 0 bridgehead atoms. The molecule has 0 unspecified atom stereocenters. The number of nitrogens with one attached hydrogen (secondary N) is 1. The molecule has 3 aromatic rings. The van der Waals surface area contributed by atoms with Crippen molar-refractivity contribution in [1.82, 2.24) is 9.97 Å². The van der Waals surface area contributed by atoms with Gasteiger partial charge >= 0.3 is 0 Å². The number of aromatic nitrogens is 2. The van der Waals surface area contributed by atoms with Crippen LogP contribution >= 0.6 is 0 Å². The summed E-state index contributed by atoms with van der Waals surface area (Å²) >= 11 is 0. The summed E-state index contributed by atoms with van der Waals surface area (Å²) in [6.45, 7) is 6.13. The molecule has 17 heavy (non-hydrogen) atoms. The topological polar surface area (TPSA) is 41.8 Å². The van der Waals surface area contributed by atoms with E-state index in [1.165, 1.54) is 11.1 Å². The molecule has 86 valence electrons. The van der Waals surface area contributed by atoms with Crippen molar-refractivity contribution >= 4 is 11.0 Å². The summed E-state index contributed by atoms with van der Waals surface area (Å²) in [7, 11) is 0. The monoisotopic (exact) mass is 226 g/mol. The minimum absolute atomic E-state index is 0.786. The first-order valence-corrected chi connectivity index (χ1v) is 5.67. The maximum atomic E-state index is 5.57. The fourth-order valence-electron chi connectivity index (χ4n) is 1.95. The van der Waals surface area contributed by atoms with Crippen molar-refractivity contribution in [2.24, 2.45) is 0 Å². The first-order chi connectivity index (χ1) is 8.13. The Morgan fingerprint density at radius 2 is 1.82 bits per heavy atom. The zero-order valence-corrected chi connectivity index (χ0v) is 10.2. The lowest BCUT2D eigenvalue weighted by atomic mass is 10.1. The second-order valence-corrected chi connectivity index (χ2v) is 4.45. The van der Waals surface area contributed by atoms with Crippen LogP contribution in [0.4, 0.5) is 0 Å². The first kappa shape index (κ1) is 10.1. The molecule has 0 aliphatic heterocycles. The Kier molecular flexibility index (Phi) is 2.08. The normalized spacial score (nSPS) is 11.2. The molecule has 1 N–H and O–H groups in total. The van der Waals surface area contributed by atoms with Crippen LogP contribution in [0.3, 0.4) is 0 Å². The third-order valence-corrected chi connectivity index (χ3v) is 3.07. The predicted molar refractivity (Wildman–Crippen MR) is 68.0 cm³/mol. The highest BCUT2D eigenvalue weighted by molar-refractivity contribution is 5.80. The summed E-state index contributed by atoms with van der Waals surface area (Å²) < 4.78 is 5.57. The Morgan fingerprint density at radius 3 is 2.53 bits per heavy atom. The average Bonchev–Trinajstić information content (AvgIpc) is 2.85. The Bertz CT molecular complexity index is 652. The molecule has 1 aromatic carbocycles. The number of nitrogens with zero attached hydrogens (tertiary/aromatic N) is 1. The van der Waals surface area contributed by atoms with E-state index in [9.17, 15) is 0 Å². The lowest BCUT2D eigenvalue weighted by Crippen LogP contribution is -1.79. The van der Waals surface area contributed by atoms with Crippen LogP contribution < -0.4 is 0 Å². The van der Waals surface area contributed by atoms with Gasteiger partial charge in [-0.05, 0) is 56.2 Å². The van der Waals surface area contributed by atoms with E-state index in [0.717, 1.165) is 28.4 Å². The molecular weight excluding hydrogens is 212 g/mol. The van der Waals surface area contributed by atoms with E-state index in [-0.39, 0.29) is 0 Å². The van der Waals surface area contributed by atoms with Gasteiger partial charge in [0.25, 0.3) is 0 Å². The fraction of sp³-hybridized carbons (Fsp3) is 0.214. The molecule has 0 aliphatic carbocycles. The molecule has 3 heteroatoms. The summed E-state index contributed by atoms with van der Waals surface area (Å²) in [6.07, 6.45) is 0. The Labute approximate surface area is 99.5 Å². The predicted octanol–water partition coefficient (Wildman–Crippen LogP) is 3.75. The highest BCUT2D eigenvalue weighted by atomic mass is 16.3. The van der Waals surface area contributed by atoms with E-state index in [0.29, 0.717) is 0 Å². The number of fused-ring (bicyclic) bond motifs is 1. The quantitative estimate of drug-likeness (QED) is 0.686. The van der Waals surface area contributed by atoms with E-state index >= 15 is 0 Å². The minimum atomic E-state index is 0.786. The number of imidazole rings is 1. The van der Waals surface area contributed by atoms with E-state index in [1.54, 1.807) is 0 Å². The van der Waals surface area contributed by atoms with Crippen molar-refractivity contribution in [3.8, 4) is 11.6 Å². The summed E-state index contributed by atoms with van der Waals surface area (Å²) in [4.78, 5) is 7.84. The van der Waals surface area contributed by atoms with Crippen molar-refractivity contribution in [1.29, 1.82) is 0 Å². The lowest BCUT2D eigenvalue weighted by Gasteiger charge is -1.97. The Morgan fingerprint density at radius 1 is 1.06 bits per heavy atom. The van der Waals surface area contributed by atoms with Gasteiger partial charge in [0.2, 0.25) is 0 Å². The highest BCUT2D eigenvalue weighted by Crippen LogP contribution is 2.24. The SMILES string of the molecule is Cc1ccc(-c2nc3cc(C)c(C)cc3[nH]2)o1.